The molecule has 19 heavy (non-hydrogen) atoms. The number of primary amides is 1. The first-order valence-corrected chi connectivity index (χ1v) is 6.29. The van der Waals surface area contributed by atoms with Crippen LogP contribution in [0.1, 0.15) is 34.5 Å². The van der Waals surface area contributed by atoms with Gasteiger partial charge in [-0.25, -0.2) is 0 Å². The minimum absolute atomic E-state index is 0.208. The Labute approximate surface area is 113 Å². The fourth-order valence-electron chi connectivity index (χ4n) is 2.00. The molecule has 0 radical (unpaired) electrons. The molecular formula is C16H18N2O. The van der Waals surface area contributed by atoms with E-state index in [4.69, 9.17) is 5.73 Å². The molecule has 3 nitrogen and oxygen atoms in total. The quantitative estimate of drug-likeness (QED) is 0.879. The minimum atomic E-state index is -0.404. The van der Waals surface area contributed by atoms with Crippen LogP contribution in [0.25, 0.3) is 0 Å². The smallest absolute Gasteiger partial charge is 0.248 e. The Bertz CT molecular complexity index is 576. The number of hydrogen-bond donors (Lipinski definition) is 2. The standard InChI is InChI=1S/C16H18N2O/c1-11-4-3-5-14(10-11)12(2)18-15-8-6-13(7-9-15)16(17)19/h3-10,12,18H,1-2H3,(H2,17,19). The van der Waals surface area contributed by atoms with Gasteiger partial charge in [0.1, 0.15) is 0 Å². The second-order valence-electron chi connectivity index (χ2n) is 4.72. The molecule has 0 saturated carbocycles. The van der Waals surface area contributed by atoms with Gasteiger partial charge in [0.15, 0.2) is 0 Å². The predicted octanol–water partition coefficient (Wildman–Crippen LogP) is 3.27. The van der Waals surface area contributed by atoms with Crippen LogP contribution in [0.3, 0.4) is 0 Å². The van der Waals surface area contributed by atoms with Crippen LogP contribution in [0.4, 0.5) is 5.69 Å². The van der Waals surface area contributed by atoms with E-state index < -0.39 is 5.91 Å². The van der Waals surface area contributed by atoms with Gasteiger partial charge in [0.2, 0.25) is 5.91 Å². The van der Waals surface area contributed by atoms with E-state index >= 15 is 0 Å². The van der Waals surface area contributed by atoms with Crippen molar-refractivity contribution in [2.24, 2.45) is 5.73 Å². The zero-order chi connectivity index (χ0) is 13.8. The summed E-state index contributed by atoms with van der Waals surface area (Å²) in [5.74, 6) is -0.404. The highest BCUT2D eigenvalue weighted by molar-refractivity contribution is 5.93. The van der Waals surface area contributed by atoms with E-state index in [-0.39, 0.29) is 6.04 Å². The number of benzene rings is 2. The summed E-state index contributed by atoms with van der Waals surface area (Å²) in [5.41, 5.74) is 9.19. The molecule has 1 unspecified atom stereocenters. The van der Waals surface area contributed by atoms with Crippen LogP contribution >= 0.6 is 0 Å². The van der Waals surface area contributed by atoms with Gasteiger partial charge in [0.25, 0.3) is 0 Å². The van der Waals surface area contributed by atoms with Crippen LogP contribution in [-0.4, -0.2) is 5.91 Å². The first-order valence-electron chi connectivity index (χ1n) is 6.29. The molecule has 0 aliphatic carbocycles. The summed E-state index contributed by atoms with van der Waals surface area (Å²) in [6.07, 6.45) is 0. The van der Waals surface area contributed by atoms with Gasteiger partial charge in [-0.3, -0.25) is 4.79 Å². The second-order valence-corrected chi connectivity index (χ2v) is 4.72. The van der Waals surface area contributed by atoms with Gasteiger partial charge in [-0.1, -0.05) is 29.8 Å². The lowest BCUT2D eigenvalue weighted by Gasteiger charge is -2.16. The van der Waals surface area contributed by atoms with E-state index in [2.05, 4.69) is 43.4 Å². The molecule has 3 N–H and O–H groups in total. The molecule has 98 valence electrons. The number of amides is 1. The van der Waals surface area contributed by atoms with Crippen molar-refractivity contribution in [3.05, 3.63) is 65.2 Å². The van der Waals surface area contributed by atoms with Crippen molar-refractivity contribution in [2.75, 3.05) is 5.32 Å². The Hall–Kier alpha value is -2.29. The number of anilines is 1. The van der Waals surface area contributed by atoms with Crippen LogP contribution < -0.4 is 11.1 Å². The van der Waals surface area contributed by atoms with Crippen molar-refractivity contribution in [3.63, 3.8) is 0 Å². The molecule has 0 saturated heterocycles. The summed E-state index contributed by atoms with van der Waals surface area (Å²) in [4.78, 5) is 11.0. The highest BCUT2D eigenvalue weighted by Crippen LogP contribution is 2.20. The van der Waals surface area contributed by atoms with Crippen molar-refractivity contribution in [3.8, 4) is 0 Å². The van der Waals surface area contributed by atoms with Gasteiger partial charge in [-0.15, -0.1) is 0 Å². The number of nitrogens with two attached hydrogens (primary N) is 1. The zero-order valence-corrected chi connectivity index (χ0v) is 11.2. The van der Waals surface area contributed by atoms with Gasteiger partial charge in [0.05, 0.1) is 0 Å². The third-order valence-corrected chi connectivity index (χ3v) is 3.09. The molecule has 3 heteroatoms. The molecule has 2 aromatic rings. The van der Waals surface area contributed by atoms with E-state index in [1.54, 1.807) is 12.1 Å². The fourth-order valence-corrected chi connectivity index (χ4v) is 2.00. The van der Waals surface area contributed by atoms with E-state index in [9.17, 15) is 4.79 Å². The lowest BCUT2D eigenvalue weighted by molar-refractivity contribution is 0.100. The molecular weight excluding hydrogens is 236 g/mol. The Morgan fingerprint density at radius 3 is 2.42 bits per heavy atom. The molecule has 1 amide bonds. The van der Waals surface area contributed by atoms with E-state index in [1.165, 1.54) is 11.1 Å². The van der Waals surface area contributed by atoms with Crippen molar-refractivity contribution < 1.29 is 4.79 Å². The Morgan fingerprint density at radius 2 is 1.84 bits per heavy atom. The van der Waals surface area contributed by atoms with E-state index in [1.807, 2.05) is 12.1 Å². The highest BCUT2D eigenvalue weighted by atomic mass is 16.1. The lowest BCUT2D eigenvalue weighted by Crippen LogP contribution is -2.11. The summed E-state index contributed by atoms with van der Waals surface area (Å²) in [7, 11) is 0. The first-order chi connectivity index (χ1) is 9.06. The van der Waals surface area contributed by atoms with E-state index in [0.717, 1.165) is 5.69 Å². The van der Waals surface area contributed by atoms with Crippen molar-refractivity contribution in [1.82, 2.24) is 0 Å². The zero-order valence-electron chi connectivity index (χ0n) is 11.2. The third kappa shape index (κ3) is 3.35. The van der Waals surface area contributed by atoms with Crippen molar-refractivity contribution in [1.29, 1.82) is 0 Å². The Kier molecular flexibility index (Phi) is 3.85. The van der Waals surface area contributed by atoms with Crippen LogP contribution in [0.15, 0.2) is 48.5 Å². The molecule has 0 aromatic heterocycles. The summed E-state index contributed by atoms with van der Waals surface area (Å²) in [6.45, 7) is 4.19. The van der Waals surface area contributed by atoms with Gasteiger partial charge in [0, 0.05) is 17.3 Å². The normalized spacial score (nSPS) is 11.9. The van der Waals surface area contributed by atoms with E-state index in [0.29, 0.717) is 5.56 Å². The number of nitrogens with one attached hydrogen (secondary N) is 1. The maximum absolute atomic E-state index is 11.0. The third-order valence-electron chi connectivity index (χ3n) is 3.09. The van der Waals surface area contributed by atoms with Gasteiger partial charge in [-0.05, 0) is 43.7 Å². The number of rotatable bonds is 4. The van der Waals surface area contributed by atoms with Crippen LogP contribution in [0, 0.1) is 6.92 Å². The summed E-state index contributed by atoms with van der Waals surface area (Å²) in [5, 5.41) is 3.40. The Balaban J connectivity index is 2.10. The number of carbonyl (C=O) groups is 1. The van der Waals surface area contributed by atoms with Crippen LogP contribution in [0.5, 0.6) is 0 Å². The average Bonchev–Trinajstić information content (AvgIpc) is 2.39. The van der Waals surface area contributed by atoms with Crippen LogP contribution in [0.2, 0.25) is 0 Å². The fraction of sp³-hybridized carbons (Fsp3) is 0.188. The summed E-state index contributed by atoms with van der Waals surface area (Å²) in [6, 6.07) is 15.8. The monoisotopic (exact) mass is 254 g/mol. The SMILES string of the molecule is Cc1cccc(C(C)Nc2ccc(C(N)=O)cc2)c1. The first kappa shape index (κ1) is 13.1. The second kappa shape index (κ2) is 5.57. The summed E-state index contributed by atoms with van der Waals surface area (Å²) >= 11 is 0. The molecule has 0 heterocycles. The molecule has 0 fully saturated rings. The van der Waals surface area contributed by atoms with Crippen LogP contribution in [-0.2, 0) is 0 Å². The molecule has 2 rings (SSSR count). The average molecular weight is 254 g/mol. The van der Waals surface area contributed by atoms with Crippen molar-refractivity contribution >= 4 is 11.6 Å². The number of hydrogen-bond acceptors (Lipinski definition) is 2. The molecule has 2 aromatic carbocycles. The molecule has 0 spiro atoms. The molecule has 0 bridgehead atoms. The molecule has 0 aliphatic rings. The number of carbonyl (C=O) groups excluding carboxylic acids is 1. The minimum Gasteiger partial charge on any atom is -0.379 e. The highest BCUT2D eigenvalue weighted by Gasteiger charge is 2.06. The maximum Gasteiger partial charge on any atom is 0.248 e. The van der Waals surface area contributed by atoms with Gasteiger partial charge in [-0.2, -0.15) is 0 Å². The van der Waals surface area contributed by atoms with Gasteiger partial charge >= 0.3 is 0 Å². The largest absolute Gasteiger partial charge is 0.379 e. The van der Waals surface area contributed by atoms with Gasteiger partial charge < -0.3 is 11.1 Å². The van der Waals surface area contributed by atoms with Crippen molar-refractivity contribution in [2.45, 2.75) is 19.9 Å². The predicted molar refractivity (Wildman–Crippen MR) is 78.2 cm³/mol. The Morgan fingerprint density at radius 1 is 1.16 bits per heavy atom. The molecule has 0 aliphatic heterocycles. The topological polar surface area (TPSA) is 55.1 Å². The number of aryl methyl sites for hydroxylation is 1. The maximum atomic E-state index is 11.0. The summed E-state index contributed by atoms with van der Waals surface area (Å²) < 4.78 is 0. The molecule has 1 atom stereocenters. The lowest BCUT2D eigenvalue weighted by atomic mass is 10.1.